The molecule has 40 heavy (non-hydrogen) atoms. The molecule has 0 unspecified atom stereocenters. The second-order valence-electron chi connectivity index (χ2n) is 10.3. The number of nitrogens with zero attached hydrogens (tertiary/aromatic N) is 5. The predicted molar refractivity (Wildman–Crippen MR) is 157 cm³/mol. The second kappa shape index (κ2) is 10.6. The molecule has 9 nitrogen and oxygen atoms in total. The molecule has 0 saturated carbocycles. The molecule has 3 heterocycles. The fourth-order valence-corrected chi connectivity index (χ4v) is 5.31. The van der Waals surface area contributed by atoms with Gasteiger partial charge in [0.15, 0.2) is 5.88 Å². The van der Waals surface area contributed by atoms with E-state index in [0.717, 1.165) is 66.2 Å². The van der Waals surface area contributed by atoms with Crippen molar-refractivity contribution in [1.29, 1.82) is 0 Å². The van der Waals surface area contributed by atoms with E-state index in [2.05, 4.69) is 39.5 Å². The van der Waals surface area contributed by atoms with Gasteiger partial charge in [0.25, 0.3) is 0 Å². The van der Waals surface area contributed by atoms with E-state index in [1.165, 1.54) is 7.11 Å². The molecule has 2 N–H and O–H groups in total. The summed E-state index contributed by atoms with van der Waals surface area (Å²) in [5.74, 6) is 0.567. The quantitative estimate of drug-likeness (QED) is 0.246. The maximum Gasteiger partial charge on any atom is 0.337 e. The Morgan fingerprint density at radius 1 is 1.00 bits per heavy atom. The van der Waals surface area contributed by atoms with E-state index in [1.807, 2.05) is 42.5 Å². The van der Waals surface area contributed by atoms with E-state index < -0.39 is 5.97 Å². The van der Waals surface area contributed by atoms with Crippen LogP contribution in [-0.4, -0.2) is 81.5 Å². The summed E-state index contributed by atoms with van der Waals surface area (Å²) in [5.41, 5.74) is 5.71. The third-order valence-electron chi connectivity index (χ3n) is 7.64. The Balaban J connectivity index is 1.42. The molecule has 1 aliphatic heterocycles. The van der Waals surface area contributed by atoms with E-state index in [4.69, 9.17) is 14.7 Å². The summed E-state index contributed by atoms with van der Waals surface area (Å²) in [6, 6.07) is 21.0. The van der Waals surface area contributed by atoms with Crippen LogP contribution in [0.2, 0.25) is 0 Å². The zero-order valence-electron chi connectivity index (χ0n) is 22.9. The number of likely N-dealkylation sites (N-methyl/N-ethyl adjacent to an activating group) is 1. The number of aromatic hydroxyl groups is 1. The van der Waals surface area contributed by atoms with Gasteiger partial charge in [0.2, 0.25) is 0 Å². The number of hydrogen-bond donors (Lipinski definition) is 2. The minimum absolute atomic E-state index is 0.0204. The predicted octanol–water partition coefficient (Wildman–Crippen LogP) is 4.46. The van der Waals surface area contributed by atoms with Crippen molar-refractivity contribution in [2.75, 3.05) is 40.3 Å². The standard InChI is InChI=1S/C31H32N6O3/c1-35-13-15-37(16-14-35)19-27-33-25-18-22(10-12-26(25)36(27)2)32-29(20-7-5-4-6-8-20)28-23-11-9-21(31(39)40-3)17-24(23)34-30(28)38/h4-12,17-18,34,38H,13-16,19H2,1-3H3. The minimum Gasteiger partial charge on any atom is -0.494 e. The van der Waals surface area contributed by atoms with Crippen molar-refractivity contribution in [3.05, 3.63) is 89.2 Å². The van der Waals surface area contributed by atoms with Crippen molar-refractivity contribution in [3.8, 4) is 5.88 Å². The molecule has 1 fully saturated rings. The van der Waals surface area contributed by atoms with Crippen molar-refractivity contribution >= 4 is 39.3 Å². The SMILES string of the molecule is COC(=O)c1ccc2c(C(=Nc3ccc4c(c3)nc(CN3CCN(C)CC3)n4C)c3ccccc3)c(O)[nH]c2c1. The van der Waals surface area contributed by atoms with Crippen molar-refractivity contribution < 1.29 is 14.6 Å². The molecule has 0 radical (unpaired) electrons. The van der Waals surface area contributed by atoms with Gasteiger partial charge < -0.3 is 24.3 Å². The fraction of sp³-hybridized carbons (Fsp3) is 0.258. The highest BCUT2D eigenvalue weighted by Crippen LogP contribution is 2.33. The van der Waals surface area contributed by atoms with Crippen molar-refractivity contribution in [1.82, 2.24) is 24.3 Å². The van der Waals surface area contributed by atoms with Gasteiger partial charge in [0.1, 0.15) is 5.82 Å². The van der Waals surface area contributed by atoms with Gasteiger partial charge in [0, 0.05) is 49.7 Å². The minimum atomic E-state index is -0.440. The van der Waals surface area contributed by atoms with Crippen LogP contribution in [-0.2, 0) is 18.3 Å². The number of aliphatic imine (C=N–C) groups is 1. The van der Waals surface area contributed by atoms with Crippen LogP contribution in [0.4, 0.5) is 5.69 Å². The lowest BCUT2D eigenvalue weighted by Gasteiger charge is -2.31. The summed E-state index contributed by atoms with van der Waals surface area (Å²) >= 11 is 0. The molecule has 3 aromatic carbocycles. The average molecular weight is 537 g/mol. The number of benzene rings is 3. The topological polar surface area (TPSA) is 99.0 Å². The highest BCUT2D eigenvalue weighted by molar-refractivity contribution is 6.22. The molecule has 5 aromatic rings. The van der Waals surface area contributed by atoms with E-state index in [9.17, 15) is 9.90 Å². The molecule has 1 aliphatic rings. The molecule has 0 amide bonds. The van der Waals surface area contributed by atoms with Gasteiger partial charge in [-0.15, -0.1) is 0 Å². The number of carbonyl (C=O) groups excluding carboxylic acids is 1. The maximum absolute atomic E-state index is 12.1. The molecular formula is C31H32N6O3. The van der Waals surface area contributed by atoms with Crippen LogP contribution in [0.25, 0.3) is 21.9 Å². The molecule has 0 atom stereocenters. The molecule has 0 bridgehead atoms. The first-order chi connectivity index (χ1) is 19.4. The maximum atomic E-state index is 12.1. The largest absolute Gasteiger partial charge is 0.494 e. The van der Waals surface area contributed by atoms with Crippen LogP contribution in [0.3, 0.4) is 0 Å². The summed E-state index contributed by atoms with van der Waals surface area (Å²) in [6.45, 7) is 5.00. The third kappa shape index (κ3) is 4.85. The summed E-state index contributed by atoms with van der Waals surface area (Å²) in [5, 5.41) is 11.8. The van der Waals surface area contributed by atoms with Gasteiger partial charge in [-0.2, -0.15) is 0 Å². The molecule has 9 heteroatoms. The monoisotopic (exact) mass is 536 g/mol. The molecule has 0 spiro atoms. The zero-order chi connectivity index (χ0) is 27.8. The Bertz CT molecular complexity index is 1730. The number of fused-ring (bicyclic) bond motifs is 2. The highest BCUT2D eigenvalue weighted by Gasteiger charge is 2.21. The number of nitrogens with one attached hydrogen (secondary N) is 1. The van der Waals surface area contributed by atoms with Crippen molar-refractivity contribution in [3.63, 3.8) is 0 Å². The fourth-order valence-electron chi connectivity index (χ4n) is 5.31. The van der Waals surface area contributed by atoms with Crippen LogP contribution >= 0.6 is 0 Å². The number of piperazine rings is 1. The Morgan fingerprint density at radius 2 is 1.77 bits per heavy atom. The number of aromatic amines is 1. The van der Waals surface area contributed by atoms with Crippen LogP contribution in [0.1, 0.15) is 27.3 Å². The number of aromatic nitrogens is 3. The lowest BCUT2D eigenvalue weighted by atomic mass is 10.00. The number of esters is 1. The summed E-state index contributed by atoms with van der Waals surface area (Å²) in [4.78, 5) is 29.9. The molecule has 1 saturated heterocycles. The van der Waals surface area contributed by atoms with Gasteiger partial charge in [-0.05, 0) is 37.4 Å². The normalized spacial score (nSPS) is 15.2. The van der Waals surface area contributed by atoms with Crippen LogP contribution in [0.5, 0.6) is 5.88 Å². The number of imidazole rings is 1. The molecule has 0 aliphatic carbocycles. The molecular weight excluding hydrogens is 504 g/mol. The van der Waals surface area contributed by atoms with Crippen molar-refractivity contribution in [2.45, 2.75) is 6.54 Å². The first-order valence-corrected chi connectivity index (χ1v) is 13.3. The summed E-state index contributed by atoms with van der Waals surface area (Å²) < 4.78 is 7.02. The first kappa shape index (κ1) is 25.8. The Morgan fingerprint density at radius 3 is 2.52 bits per heavy atom. The molecule has 204 valence electrons. The number of ether oxygens (including phenoxy) is 1. The third-order valence-corrected chi connectivity index (χ3v) is 7.64. The number of carbonyl (C=O) groups is 1. The van der Waals surface area contributed by atoms with E-state index >= 15 is 0 Å². The van der Waals surface area contributed by atoms with Crippen LogP contribution in [0.15, 0.2) is 71.7 Å². The van der Waals surface area contributed by atoms with Crippen molar-refractivity contribution in [2.24, 2.45) is 12.0 Å². The van der Waals surface area contributed by atoms with Gasteiger partial charge in [-0.3, -0.25) is 4.90 Å². The summed E-state index contributed by atoms with van der Waals surface area (Å²) in [6.07, 6.45) is 0. The number of aryl methyl sites for hydroxylation is 1. The van der Waals surface area contributed by atoms with Gasteiger partial charge >= 0.3 is 5.97 Å². The lowest BCUT2D eigenvalue weighted by molar-refractivity contribution is 0.0601. The van der Waals surface area contributed by atoms with Gasteiger partial charge in [0.05, 0.1) is 47.2 Å². The van der Waals surface area contributed by atoms with Gasteiger partial charge in [-0.1, -0.05) is 36.4 Å². The number of hydrogen-bond acceptors (Lipinski definition) is 7. The lowest BCUT2D eigenvalue weighted by Crippen LogP contribution is -2.44. The number of rotatable bonds is 6. The highest BCUT2D eigenvalue weighted by atomic mass is 16.5. The van der Waals surface area contributed by atoms with Crippen LogP contribution in [0, 0.1) is 0 Å². The smallest absolute Gasteiger partial charge is 0.337 e. The number of methoxy groups -OCH3 is 1. The first-order valence-electron chi connectivity index (χ1n) is 13.3. The Hall–Kier alpha value is -4.47. The Kier molecular flexibility index (Phi) is 6.83. The van der Waals surface area contributed by atoms with Crippen LogP contribution < -0.4 is 0 Å². The second-order valence-corrected chi connectivity index (χ2v) is 10.3. The summed E-state index contributed by atoms with van der Waals surface area (Å²) in [7, 11) is 5.57. The number of H-pyrrole nitrogens is 1. The zero-order valence-corrected chi connectivity index (χ0v) is 22.9. The van der Waals surface area contributed by atoms with E-state index in [1.54, 1.807) is 18.2 Å². The van der Waals surface area contributed by atoms with Gasteiger partial charge in [-0.25, -0.2) is 14.8 Å². The molecule has 6 rings (SSSR count). The average Bonchev–Trinajstić information content (AvgIpc) is 3.47. The van der Waals surface area contributed by atoms with E-state index in [-0.39, 0.29) is 5.88 Å². The Labute approximate surface area is 232 Å². The van der Waals surface area contributed by atoms with E-state index in [0.29, 0.717) is 22.4 Å². The molecule has 2 aromatic heterocycles.